The lowest BCUT2D eigenvalue weighted by molar-refractivity contribution is -0.131. The Kier molecular flexibility index (Phi) is 6.38. The predicted molar refractivity (Wildman–Crippen MR) is 98.4 cm³/mol. The van der Waals surface area contributed by atoms with Crippen LogP contribution in [0.5, 0.6) is 0 Å². The molecule has 1 aromatic heterocycles. The van der Waals surface area contributed by atoms with Crippen LogP contribution in [0.3, 0.4) is 0 Å². The summed E-state index contributed by atoms with van der Waals surface area (Å²) >= 11 is 0. The van der Waals surface area contributed by atoms with Gasteiger partial charge in [-0.1, -0.05) is 6.42 Å². The molecule has 1 aromatic rings. The maximum absolute atomic E-state index is 12.3. The minimum atomic E-state index is 0.00574. The molecule has 0 bridgehead atoms. The van der Waals surface area contributed by atoms with Gasteiger partial charge < -0.3 is 20.9 Å². The molecule has 2 amide bonds. The van der Waals surface area contributed by atoms with Crippen molar-refractivity contribution in [1.29, 1.82) is 0 Å². The second kappa shape index (κ2) is 8.93. The van der Waals surface area contributed by atoms with Crippen molar-refractivity contribution >= 4 is 17.8 Å². The van der Waals surface area contributed by atoms with Crippen LogP contribution < -0.4 is 16.0 Å². The molecular formula is C18H28N6O2. The van der Waals surface area contributed by atoms with Crippen LogP contribution in [0.1, 0.15) is 32.1 Å². The smallest absolute Gasteiger partial charge is 0.225 e. The quantitative estimate of drug-likeness (QED) is 0.748. The summed E-state index contributed by atoms with van der Waals surface area (Å²) in [6, 6.07) is 1.94. The third-order valence-corrected chi connectivity index (χ3v) is 5.29. The highest BCUT2D eigenvalue weighted by Crippen LogP contribution is 2.26. The first-order chi connectivity index (χ1) is 12.6. The number of anilines is 1. The Hall–Kier alpha value is -2.22. The van der Waals surface area contributed by atoms with Crippen molar-refractivity contribution < 1.29 is 9.59 Å². The van der Waals surface area contributed by atoms with Crippen LogP contribution in [0.2, 0.25) is 0 Å². The van der Waals surface area contributed by atoms with E-state index in [2.05, 4.69) is 20.2 Å². The molecule has 0 spiro atoms. The van der Waals surface area contributed by atoms with Crippen molar-refractivity contribution in [3.8, 4) is 0 Å². The van der Waals surface area contributed by atoms with Gasteiger partial charge in [0, 0.05) is 64.0 Å². The molecule has 0 aromatic carbocycles. The summed E-state index contributed by atoms with van der Waals surface area (Å²) in [7, 11) is 0. The third kappa shape index (κ3) is 4.91. The van der Waals surface area contributed by atoms with Gasteiger partial charge in [0.1, 0.15) is 0 Å². The molecule has 26 heavy (non-hydrogen) atoms. The van der Waals surface area contributed by atoms with Crippen molar-refractivity contribution in [1.82, 2.24) is 20.2 Å². The van der Waals surface area contributed by atoms with Crippen LogP contribution in [-0.2, 0) is 9.59 Å². The third-order valence-electron chi connectivity index (χ3n) is 5.29. The Morgan fingerprint density at radius 1 is 1.15 bits per heavy atom. The summed E-state index contributed by atoms with van der Waals surface area (Å²) < 4.78 is 0. The number of rotatable bonds is 6. The molecule has 1 saturated carbocycles. The monoisotopic (exact) mass is 360 g/mol. The maximum atomic E-state index is 12.3. The molecule has 142 valence electrons. The first-order valence-electron chi connectivity index (χ1n) is 9.45. The van der Waals surface area contributed by atoms with Gasteiger partial charge >= 0.3 is 0 Å². The van der Waals surface area contributed by atoms with Gasteiger partial charge in [-0.05, 0) is 24.8 Å². The lowest BCUT2D eigenvalue weighted by Gasteiger charge is -2.34. The van der Waals surface area contributed by atoms with Crippen molar-refractivity contribution in [2.24, 2.45) is 11.7 Å². The van der Waals surface area contributed by atoms with Crippen molar-refractivity contribution in [2.75, 3.05) is 37.6 Å². The fourth-order valence-corrected chi connectivity index (χ4v) is 3.71. The van der Waals surface area contributed by atoms with E-state index in [1.807, 2.05) is 4.90 Å². The highest BCUT2D eigenvalue weighted by molar-refractivity contribution is 5.79. The second-order valence-corrected chi connectivity index (χ2v) is 7.08. The van der Waals surface area contributed by atoms with E-state index in [9.17, 15) is 9.59 Å². The molecule has 2 atom stereocenters. The molecular weight excluding hydrogens is 332 g/mol. The molecule has 1 aliphatic heterocycles. The fourth-order valence-electron chi connectivity index (χ4n) is 3.71. The summed E-state index contributed by atoms with van der Waals surface area (Å²) in [4.78, 5) is 36.7. The number of carbonyl (C=O) groups excluding carboxylic acids is 2. The topological polar surface area (TPSA) is 104 Å². The standard InChI is InChI=1S/C18H28N6O2/c19-15-4-1-3-14(15)13-16(25)20-8-5-17(26)23-9-11-24(12-10-23)18-21-6-2-7-22-18/h2,6-7,14-15H,1,3-5,8-13,19H2,(H,20,25)/t14-,15+/m0/s1. The molecule has 3 N–H and O–H groups in total. The molecule has 8 nitrogen and oxygen atoms in total. The van der Waals surface area contributed by atoms with Crippen LogP contribution in [0.15, 0.2) is 18.5 Å². The molecule has 1 aliphatic carbocycles. The largest absolute Gasteiger partial charge is 0.356 e. The molecule has 8 heteroatoms. The summed E-state index contributed by atoms with van der Waals surface area (Å²) in [6.07, 6.45) is 7.41. The van der Waals surface area contributed by atoms with Crippen molar-refractivity contribution in [3.63, 3.8) is 0 Å². The molecule has 0 unspecified atom stereocenters. The van der Waals surface area contributed by atoms with E-state index in [1.54, 1.807) is 18.5 Å². The molecule has 2 heterocycles. The van der Waals surface area contributed by atoms with E-state index in [4.69, 9.17) is 5.73 Å². The minimum Gasteiger partial charge on any atom is -0.356 e. The Morgan fingerprint density at radius 2 is 1.88 bits per heavy atom. The van der Waals surface area contributed by atoms with Crippen LogP contribution in [0, 0.1) is 5.92 Å². The first kappa shape index (κ1) is 18.6. The van der Waals surface area contributed by atoms with E-state index in [0.717, 1.165) is 32.4 Å². The van der Waals surface area contributed by atoms with Gasteiger partial charge in [0.05, 0.1) is 0 Å². The molecule has 2 aliphatic rings. The van der Waals surface area contributed by atoms with Gasteiger partial charge in [-0.25, -0.2) is 9.97 Å². The van der Waals surface area contributed by atoms with Gasteiger partial charge in [0.15, 0.2) is 0 Å². The number of hydrogen-bond donors (Lipinski definition) is 2. The maximum Gasteiger partial charge on any atom is 0.225 e. The average molecular weight is 360 g/mol. The van der Waals surface area contributed by atoms with Crippen molar-refractivity contribution in [2.45, 2.75) is 38.1 Å². The zero-order chi connectivity index (χ0) is 18.4. The number of hydrogen-bond acceptors (Lipinski definition) is 6. The van der Waals surface area contributed by atoms with E-state index in [1.165, 1.54) is 0 Å². The normalized spacial score (nSPS) is 23.1. The van der Waals surface area contributed by atoms with Crippen LogP contribution in [0.25, 0.3) is 0 Å². The lowest BCUT2D eigenvalue weighted by Crippen LogP contribution is -2.49. The van der Waals surface area contributed by atoms with E-state index in [0.29, 0.717) is 44.3 Å². The summed E-state index contributed by atoms with van der Waals surface area (Å²) in [5, 5.41) is 2.86. The molecule has 2 fully saturated rings. The van der Waals surface area contributed by atoms with Crippen LogP contribution >= 0.6 is 0 Å². The Balaban J connectivity index is 1.33. The zero-order valence-electron chi connectivity index (χ0n) is 15.1. The zero-order valence-corrected chi connectivity index (χ0v) is 15.1. The molecule has 1 saturated heterocycles. The van der Waals surface area contributed by atoms with Gasteiger partial charge in [0.25, 0.3) is 0 Å². The lowest BCUT2D eigenvalue weighted by atomic mass is 10.00. The number of piperazine rings is 1. The van der Waals surface area contributed by atoms with Gasteiger partial charge in [-0.3, -0.25) is 9.59 Å². The van der Waals surface area contributed by atoms with E-state index in [-0.39, 0.29) is 17.9 Å². The SMILES string of the molecule is N[C@@H]1CCC[C@H]1CC(=O)NCCC(=O)N1CCN(c2ncccn2)CC1. The number of carbonyl (C=O) groups is 2. The highest BCUT2D eigenvalue weighted by Gasteiger charge is 2.26. The van der Waals surface area contributed by atoms with E-state index >= 15 is 0 Å². The first-order valence-corrected chi connectivity index (χ1v) is 9.45. The number of aromatic nitrogens is 2. The minimum absolute atomic E-state index is 0.00574. The number of nitrogens with two attached hydrogens (primary N) is 1. The Morgan fingerprint density at radius 3 is 2.54 bits per heavy atom. The van der Waals surface area contributed by atoms with Crippen LogP contribution in [0.4, 0.5) is 5.95 Å². The summed E-state index contributed by atoms with van der Waals surface area (Å²) in [5.74, 6) is 1.08. The van der Waals surface area contributed by atoms with Gasteiger partial charge in [-0.2, -0.15) is 0 Å². The van der Waals surface area contributed by atoms with Crippen LogP contribution in [-0.4, -0.2) is 65.4 Å². The summed E-state index contributed by atoms with van der Waals surface area (Å²) in [6.45, 7) is 3.15. The fraction of sp³-hybridized carbons (Fsp3) is 0.667. The molecule has 3 rings (SSSR count). The Bertz CT molecular complexity index is 603. The number of amides is 2. The number of nitrogens with zero attached hydrogens (tertiary/aromatic N) is 4. The number of nitrogens with one attached hydrogen (secondary N) is 1. The second-order valence-electron chi connectivity index (χ2n) is 7.08. The van der Waals surface area contributed by atoms with E-state index < -0.39 is 0 Å². The van der Waals surface area contributed by atoms with Crippen molar-refractivity contribution in [3.05, 3.63) is 18.5 Å². The van der Waals surface area contributed by atoms with Gasteiger partial charge in [-0.15, -0.1) is 0 Å². The average Bonchev–Trinajstić information content (AvgIpc) is 3.07. The molecule has 0 radical (unpaired) electrons. The summed E-state index contributed by atoms with van der Waals surface area (Å²) in [5.41, 5.74) is 6.00. The van der Waals surface area contributed by atoms with Gasteiger partial charge in [0.2, 0.25) is 17.8 Å². The highest BCUT2D eigenvalue weighted by atomic mass is 16.2. The Labute approximate surface area is 154 Å². The predicted octanol–water partition coefficient (Wildman–Crippen LogP) is 0.149.